The van der Waals surface area contributed by atoms with Gasteiger partial charge in [-0.1, -0.05) is 49.0 Å². The summed E-state index contributed by atoms with van der Waals surface area (Å²) in [4.78, 5) is 16.2. The summed E-state index contributed by atoms with van der Waals surface area (Å²) in [5.74, 6) is 0.435. The number of amides is 1. The zero-order valence-corrected chi connectivity index (χ0v) is 17.5. The van der Waals surface area contributed by atoms with Crippen LogP contribution in [-0.2, 0) is 4.79 Å². The van der Waals surface area contributed by atoms with Gasteiger partial charge in [-0.25, -0.2) is 0 Å². The molecule has 0 fully saturated rings. The van der Waals surface area contributed by atoms with Crippen LogP contribution in [-0.4, -0.2) is 38.2 Å². The summed E-state index contributed by atoms with van der Waals surface area (Å²) in [7, 11) is 0. The van der Waals surface area contributed by atoms with Gasteiger partial charge in [0.05, 0.1) is 17.1 Å². The first kappa shape index (κ1) is 19.1. The van der Waals surface area contributed by atoms with Crippen LogP contribution >= 0.6 is 23.5 Å². The Morgan fingerprint density at radius 2 is 1.93 bits per heavy atom. The van der Waals surface area contributed by atoms with Crippen LogP contribution in [0.4, 0.5) is 5.69 Å². The zero-order chi connectivity index (χ0) is 19.5. The van der Waals surface area contributed by atoms with Crippen molar-refractivity contribution in [1.82, 2.24) is 14.8 Å². The topological polar surface area (TPSA) is 51.0 Å². The minimum absolute atomic E-state index is 0.103. The molecule has 1 atom stereocenters. The molecule has 2 heterocycles. The van der Waals surface area contributed by atoms with E-state index in [1.54, 1.807) is 6.33 Å². The molecule has 1 amide bonds. The van der Waals surface area contributed by atoms with Crippen LogP contribution in [0.15, 0.2) is 64.9 Å². The van der Waals surface area contributed by atoms with Crippen LogP contribution in [0.1, 0.15) is 18.9 Å². The number of rotatable bonds is 4. The maximum absolute atomic E-state index is 13.1. The molecule has 5 nitrogen and oxygen atoms in total. The van der Waals surface area contributed by atoms with E-state index in [4.69, 9.17) is 0 Å². The SMILES string of the molecule is Cc1ccccc1-n1cnnc1SCC(=O)N1CC[C@H](C)Sc2ccccc21. The summed E-state index contributed by atoms with van der Waals surface area (Å²) in [5, 5.41) is 9.51. The van der Waals surface area contributed by atoms with E-state index in [1.165, 1.54) is 16.7 Å². The Labute approximate surface area is 173 Å². The van der Waals surface area contributed by atoms with Gasteiger partial charge in [0.1, 0.15) is 6.33 Å². The molecule has 0 unspecified atom stereocenters. The smallest absolute Gasteiger partial charge is 0.237 e. The van der Waals surface area contributed by atoms with Gasteiger partial charge in [-0.15, -0.1) is 22.0 Å². The van der Waals surface area contributed by atoms with E-state index in [0.29, 0.717) is 11.0 Å². The number of hydrogen-bond donors (Lipinski definition) is 0. The lowest BCUT2D eigenvalue weighted by atomic mass is 10.2. The highest BCUT2D eigenvalue weighted by atomic mass is 32.2. The van der Waals surface area contributed by atoms with Crippen LogP contribution in [0.2, 0.25) is 0 Å². The number of carbonyl (C=O) groups excluding carboxylic acids is 1. The molecule has 0 bridgehead atoms. The standard InChI is InChI=1S/C21H22N4OS2/c1-15-7-3-4-8-17(15)25-14-22-23-21(25)27-13-20(26)24-12-11-16(2)28-19-10-6-5-9-18(19)24/h3-10,14,16H,11-13H2,1-2H3/t16-/m0/s1. The monoisotopic (exact) mass is 410 g/mol. The first-order valence-electron chi connectivity index (χ1n) is 9.28. The molecule has 1 aliphatic rings. The largest absolute Gasteiger partial charge is 0.311 e. The summed E-state index contributed by atoms with van der Waals surface area (Å²) < 4.78 is 1.95. The first-order valence-corrected chi connectivity index (χ1v) is 11.1. The van der Waals surface area contributed by atoms with Gasteiger partial charge in [0.15, 0.2) is 5.16 Å². The highest BCUT2D eigenvalue weighted by Crippen LogP contribution is 2.37. The Bertz CT molecular complexity index is 988. The minimum Gasteiger partial charge on any atom is -0.311 e. The van der Waals surface area contributed by atoms with E-state index in [2.05, 4.69) is 36.2 Å². The van der Waals surface area contributed by atoms with Crippen molar-refractivity contribution in [3.8, 4) is 5.69 Å². The van der Waals surface area contributed by atoms with Gasteiger partial charge < -0.3 is 4.90 Å². The molecular formula is C21H22N4OS2. The molecule has 0 saturated carbocycles. The van der Waals surface area contributed by atoms with Crippen molar-refractivity contribution in [2.24, 2.45) is 0 Å². The van der Waals surface area contributed by atoms with Gasteiger partial charge in [-0.05, 0) is 37.1 Å². The van der Waals surface area contributed by atoms with E-state index in [-0.39, 0.29) is 5.91 Å². The summed E-state index contributed by atoms with van der Waals surface area (Å²) in [6.45, 7) is 5.02. The van der Waals surface area contributed by atoms with Gasteiger partial charge in [-0.2, -0.15) is 0 Å². The maximum atomic E-state index is 13.1. The molecular weight excluding hydrogens is 388 g/mol. The minimum atomic E-state index is 0.103. The molecule has 0 spiro atoms. The molecule has 7 heteroatoms. The zero-order valence-electron chi connectivity index (χ0n) is 15.9. The fraction of sp³-hybridized carbons (Fsp3) is 0.286. The van der Waals surface area contributed by atoms with E-state index < -0.39 is 0 Å². The molecule has 3 aromatic rings. The Kier molecular flexibility index (Phi) is 5.73. The molecule has 0 N–H and O–H groups in total. The number of para-hydroxylation sites is 2. The Morgan fingerprint density at radius 1 is 1.18 bits per heavy atom. The lowest BCUT2D eigenvalue weighted by Gasteiger charge is -2.22. The number of aryl methyl sites for hydroxylation is 1. The van der Waals surface area contributed by atoms with Crippen LogP contribution in [0, 0.1) is 6.92 Å². The molecule has 1 aliphatic heterocycles. The molecule has 0 radical (unpaired) electrons. The fourth-order valence-electron chi connectivity index (χ4n) is 3.27. The molecule has 4 rings (SSSR count). The second-order valence-electron chi connectivity index (χ2n) is 6.79. The van der Waals surface area contributed by atoms with Crippen LogP contribution in [0.3, 0.4) is 0 Å². The number of hydrogen-bond acceptors (Lipinski definition) is 5. The quantitative estimate of drug-likeness (QED) is 0.589. The van der Waals surface area contributed by atoms with Crippen molar-refractivity contribution in [1.29, 1.82) is 0 Å². The number of nitrogens with zero attached hydrogens (tertiary/aromatic N) is 4. The predicted molar refractivity (Wildman–Crippen MR) is 116 cm³/mol. The van der Waals surface area contributed by atoms with E-state index in [9.17, 15) is 4.79 Å². The molecule has 2 aromatic carbocycles. The van der Waals surface area contributed by atoms with Crippen LogP contribution in [0.5, 0.6) is 0 Å². The number of aromatic nitrogens is 3. The summed E-state index contributed by atoms with van der Waals surface area (Å²) in [6.07, 6.45) is 2.68. The molecule has 0 aliphatic carbocycles. The number of carbonyl (C=O) groups is 1. The number of fused-ring (bicyclic) bond motifs is 1. The summed E-state index contributed by atoms with van der Waals surface area (Å²) in [6, 6.07) is 16.3. The van der Waals surface area contributed by atoms with Crippen LogP contribution in [0.25, 0.3) is 5.69 Å². The maximum Gasteiger partial charge on any atom is 0.237 e. The van der Waals surface area contributed by atoms with Gasteiger partial charge in [0, 0.05) is 16.7 Å². The third kappa shape index (κ3) is 3.95. The molecule has 144 valence electrons. The van der Waals surface area contributed by atoms with Crippen molar-refractivity contribution in [3.63, 3.8) is 0 Å². The summed E-state index contributed by atoms with van der Waals surface area (Å²) >= 11 is 3.28. The molecule has 0 saturated heterocycles. The Balaban J connectivity index is 1.52. The van der Waals surface area contributed by atoms with Crippen molar-refractivity contribution >= 4 is 35.1 Å². The normalized spacial score (nSPS) is 16.5. The van der Waals surface area contributed by atoms with E-state index in [0.717, 1.165) is 35.1 Å². The third-order valence-electron chi connectivity index (χ3n) is 4.76. The van der Waals surface area contributed by atoms with Gasteiger partial charge in [-0.3, -0.25) is 9.36 Å². The first-order chi connectivity index (χ1) is 13.6. The average molecular weight is 411 g/mol. The van der Waals surface area contributed by atoms with Gasteiger partial charge in [0.2, 0.25) is 5.91 Å². The fourth-order valence-corrected chi connectivity index (χ4v) is 5.18. The predicted octanol–water partition coefficient (Wildman–Crippen LogP) is 4.59. The van der Waals surface area contributed by atoms with Crippen molar-refractivity contribution in [3.05, 3.63) is 60.4 Å². The number of benzene rings is 2. The molecule has 1 aromatic heterocycles. The second kappa shape index (κ2) is 8.41. The number of anilines is 1. The highest BCUT2D eigenvalue weighted by Gasteiger charge is 2.24. The van der Waals surface area contributed by atoms with Crippen LogP contribution < -0.4 is 4.90 Å². The highest BCUT2D eigenvalue weighted by molar-refractivity contribution is 8.00. The van der Waals surface area contributed by atoms with Crippen molar-refractivity contribution < 1.29 is 4.79 Å². The summed E-state index contributed by atoms with van der Waals surface area (Å²) in [5.41, 5.74) is 3.19. The van der Waals surface area contributed by atoms with E-state index in [1.807, 2.05) is 57.6 Å². The molecule has 28 heavy (non-hydrogen) atoms. The Morgan fingerprint density at radius 3 is 2.75 bits per heavy atom. The van der Waals surface area contributed by atoms with Crippen molar-refractivity contribution in [2.75, 3.05) is 17.2 Å². The Hall–Kier alpha value is -2.25. The third-order valence-corrected chi connectivity index (χ3v) is 6.93. The van der Waals surface area contributed by atoms with Gasteiger partial charge in [0.25, 0.3) is 0 Å². The lowest BCUT2D eigenvalue weighted by molar-refractivity contribution is -0.116. The second-order valence-corrected chi connectivity index (χ2v) is 9.21. The average Bonchev–Trinajstić information content (AvgIpc) is 3.09. The van der Waals surface area contributed by atoms with E-state index >= 15 is 0 Å². The van der Waals surface area contributed by atoms with Crippen molar-refractivity contribution in [2.45, 2.75) is 35.6 Å². The lowest BCUT2D eigenvalue weighted by Crippen LogP contribution is -2.33. The number of thioether (sulfide) groups is 2. The van der Waals surface area contributed by atoms with Gasteiger partial charge >= 0.3 is 0 Å².